The SMILES string of the molecule is O=C([O-])C[C@H](NS(=O)(=O)c1cccc([N+](=O)[O-])c1)c1ccc(Cl)cc1. The van der Waals surface area contributed by atoms with E-state index in [1.54, 1.807) is 0 Å². The molecule has 0 fully saturated rings. The number of hydrogen-bond donors (Lipinski definition) is 1. The van der Waals surface area contributed by atoms with Crippen molar-refractivity contribution in [3.05, 3.63) is 69.2 Å². The molecule has 25 heavy (non-hydrogen) atoms. The minimum absolute atomic E-state index is 0.348. The highest BCUT2D eigenvalue weighted by Crippen LogP contribution is 2.23. The van der Waals surface area contributed by atoms with Crippen molar-refractivity contribution in [1.82, 2.24) is 4.72 Å². The van der Waals surface area contributed by atoms with Crippen molar-refractivity contribution in [2.24, 2.45) is 0 Å². The molecule has 1 N–H and O–H groups in total. The van der Waals surface area contributed by atoms with Crippen molar-refractivity contribution in [3.63, 3.8) is 0 Å². The number of nitro groups is 1. The van der Waals surface area contributed by atoms with Gasteiger partial charge in [-0.1, -0.05) is 29.8 Å². The lowest BCUT2D eigenvalue weighted by Gasteiger charge is -2.20. The summed E-state index contributed by atoms with van der Waals surface area (Å²) in [7, 11) is -4.20. The molecule has 1 atom stereocenters. The molecule has 0 spiro atoms. The van der Waals surface area contributed by atoms with E-state index in [9.17, 15) is 28.4 Å². The fourth-order valence-electron chi connectivity index (χ4n) is 2.11. The Morgan fingerprint density at radius 3 is 2.40 bits per heavy atom. The summed E-state index contributed by atoms with van der Waals surface area (Å²) in [6.45, 7) is 0. The van der Waals surface area contributed by atoms with Gasteiger partial charge in [-0.15, -0.1) is 0 Å². The van der Waals surface area contributed by atoms with E-state index >= 15 is 0 Å². The average Bonchev–Trinajstić information content (AvgIpc) is 2.54. The summed E-state index contributed by atoms with van der Waals surface area (Å²) in [6, 6.07) is 9.25. The van der Waals surface area contributed by atoms with E-state index in [0.717, 1.165) is 12.1 Å². The summed E-state index contributed by atoms with van der Waals surface area (Å²) in [5.41, 5.74) is -0.0339. The van der Waals surface area contributed by atoms with E-state index < -0.39 is 39.1 Å². The number of non-ortho nitro benzene ring substituents is 1. The van der Waals surface area contributed by atoms with E-state index in [4.69, 9.17) is 11.6 Å². The quantitative estimate of drug-likeness (QED) is 0.568. The number of carbonyl (C=O) groups is 1. The highest BCUT2D eigenvalue weighted by Gasteiger charge is 2.23. The van der Waals surface area contributed by atoms with Crippen LogP contribution in [0.25, 0.3) is 0 Å². The molecule has 0 bridgehead atoms. The van der Waals surface area contributed by atoms with Gasteiger partial charge in [-0.25, -0.2) is 13.1 Å². The standard InChI is InChI=1S/C15H13ClN2O6S/c16-11-6-4-10(5-7-11)14(9-15(19)20)17-25(23,24)13-3-1-2-12(8-13)18(21)22/h1-8,14,17H,9H2,(H,19,20)/p-1/t14-/m0/s1. The number of nitrogens with zero attached hydrogens (tertiary/aromatic N) is 1. The number of nitro benzene ring substituents is 1. The highest BCUT2D eigenvalue weighted by atomic mass is 35.5. The zero-order valence-corrected chi connectivity index (χ0v) is 14.2. The largest absolute Gasteiger partial charge is 0.550 e. The number of sulfonamides is 1. The number of carbonyl (C=O) groups excluding carboxylic acids is 1. The van der Waals surface area contributed by atoms with Crippen LogP contribution in [0.4, 0.5) is 5.69 Å². The Bertz CT molecular complexity index is 898. The van der Waals surface area contributed by atoms with Gasteiger partial charge in [0.15, 0.2) is 0 Å². The number of benzene rings is 2. The fourth-order valence-corrected chi connectivity index (χ4v) is 3.50. The minimum atomic E-state index is -4.20. The molecule has 0 saturated carbocycles. The lowest BCUT2D eigenvalue weighted by molar-refractivity contribution is -0.385. The third kappa shape index (κ3) is 4.99. The van der Waals surface area contributed by atoms with Crippen LogP contribution in [0.3, 0.4) is 0 Å². The van der Waals surface area contributed by atoms with Gasteiger partial charge in [0.05, 0.1) is 15.9 Å². The van der Waals surface area contributed by atoms with Gasteiger partial charge >= 0.3 is 0 Å². The molecule has 0 aromatic heterocycles. The number of rotatable bonds is 7. The van der Waals surface area contributed by atoms with Crippen molar-refractivity contribution in [2.75, 3.05) is 0 Å². The predicted molar refractivity (Wildman–Crippen MR) is 87.2 cm³/mol. The average molecular weight is 384 g/mol. The number of carboxylic acid groups (broad SMARTS) is 1. The van der Waals surface area contributed by atoms with Gasteiger partial charge in [-0.2, -0.15) is 0 Å². The van der Waals surface area contributed by atoms with E-state index in [2.05, 4.69) is 4.72 Å². The predicted octanol–water partition coefficient (Wildman–Crippen LogP) is 1.41. The summed E-state index contributed by atoms with van der Waals surface area (Å²) in [4.78, 5) is 20.7. The molecule has 0 aliphatic heterocycles. The molecule has 2 rings (SSSR count). The molecular formula is C15H12ClN2O6S-. The van der Waals surface area contributed by atoms with Crippen LogP contribution in [-0.2, 0) is 14.8 Å². The second-order valence-corrected chi connectivity index (χ2v) is 7.21. The summed E-state index contributed by atoms with van der Waals surface area (Å²) in [5.74, 6) is -1.46. The van der Waals surface area contributed by atoms with Gasteiger partial charge in [0.1, 0.15) is 0 Å². The lowest BCUT2D eigenvalue weighted by Crippen LogP contribution is -2.34. The van der Waals surface area contributed by atoms with Crippen LogP contribution in [0.2, 0.25) is 5.02 Å². The first-order valence-corrected chi connectivity index (χ1v) is 8.77. The molecule has 0 unspecified atom stereocenters. The topological polar surface area (TPSA) is 129 Å². The second-order valence-electron chi connectivity index (χ2n) is 5.06. The molecule has 0 heterocycles. The fraction of sp³-hybridized carbons (Fsp3) is 0.133. The highest BCUT2D eigenvalue weighted by molar-refractivity contribution is 7.89. The van der Waals surface area contributed by atoms with Crippen LogP contribution in [0, 0.1) is 10.1 Å². The zero-order chi connectivity index (χ0) is 18.6. The monoisotopic (exact) mass is 383 g/mol. The number of aliphatic carboxylic acids is 1. The molecule has 10 heteroatoms. The van der Waals surface area contributed by atoms with Crippen molar-refractivity contribution < 1.29 is 23.2 Å². The molecule has 8 nitrogen and oxygen atoms in total. The van der Waals surface area contributed by atoms with Gasteiger partial charge in [0, 0.05) is 29.5 Å². The van der Waals surface area contributed by atoms with Crippen LogP contribution >= 0.6 is 11.6 Å². The molecule has 0 aliphatic rings. The van der Waals surface area contributed by atoms with Crippen molar-refractivity contribution >= 4 is 33.3 Å². The Labute approximate surface area is 148 Å². The van der Waals surface area contributed by atoms with Crippen molar-refractivity contribution in [1.29, 1.82) is 0 Å². The van der Waals surface area contributed by atoms with Gasteiger partial charge < -0.3 is 9.90 Å². The third-order valence-electron chi connectivity index (χ3n) is 3.28. The van der Waals surface area contributed by atoms with Gasteiger partial charge in [-0.3, -0.25) is 10.1 Å². The summed E-state index contributed by atoms with van der Waals surface area (Å²) < 4.78 is 27.2. The molecule has 2 aromatic carbocycles. The lowest BCUT2D eigenvalue weighted by atomic mass is 10.1. The molecule has 0 aliphatic carbocycles. The van der Waals surface area contributed by atoms with Gasteiger partial charge in [-0.05, 0) is 23.8 Å². The van der Waals surface area contributed by atoms with E-state index in [0.29, 0.717) is 10.6 Å². The summed E-state index contributed by atoms with van der Waals surface area (Å²) in [6.07, 6.45) is -0.615. The number of carboxylic acids is 1. The first-order valence-electron chi connectivity index (χ1n) is 6.91. The molecule has 0 saturated heterocycles. The molecule has 0 radical (unpaired) electrons. The maximum absolute atomic E-state index is 12.5. The van der Waals surface area contributed by atoms with Gasteiger partial charge in [0.25, 0.3) is 5.69 Å². The summed E-state index contributed by atoms with van der Waals surface area (Å²) in [5, 5.41) is 22.1. The number of hydrogen-bond acceptors (Lipinski definition) is 6. The van der Waals surface area contributed by atoms with Crippen molar-refractivity contribution in [2.45, 2.75) is 17.4 Å². The Morgan fingerprint density at radius 1 is 1.20 bits per heavy atom. The summed E-state index contributed by atoms with van der Waals surface area (Å²) >= 11 is 5.77. The Kier molecular flexibility index (Phi) is 5.73. The maximum atomic E-state index is 12.5. The molecule has 2 aromatic rings. The Balaban J connectivity index is 2.36. The van der Waals surface area contributed by atoms with E-state index in [-0.39, 0.29) is 4.90 Å². The van der Waals surface area contributed by atoms with Crippen LogP contribution in [-0.4, -0.2) is 19.3 Å². The molecule has 132 valence electrons. The molecular weight excluding hydrogens is 372 g/mol. The Hall–Kier alpha value is -2.49. The third-order valence-corrected chi connectivity index (χ3v) is 5.00. The first-order chi connectivity index (χ1) is 11.7. The molecule has 0 amide bonds. The van der Waals surface area contributed by atoms with Crippen LogP contribution in [0.5, 0.6) is 0 Å². The smallest absolute Gasteiger partial charge is 0.270 e. The number of nitrogens with one attached hydrogen (secondary N) is 1. The van der Waals surface area contributed by atoms with Crippen LogP contribution < -0.4 is 9.83 Å². The first kappa shape index (κ1) is 18.8. The van der Waals surface area contributed by atoms with E-state index in [1.807, 2.05) is 0 Å². The van der Waals surface area contributed by atoms with Crippen LogP contribution in [0.15, 0.2) is 53.4 Å². The van der Waals surface area contributed by atoms with Crippen LogP contribution in [0.1, 0.15) is 18.0 Å². The maximum Gasteiger partial charge on any atom is 0.270 e. The normalized spacial score (nSPS) is 12.5. The van der Waals surface area contributed by atoms with Crippen molar-refractivity contribution in [3.8, 4) is 0 Å². The zero-order valence-electron chi connectivity index (χ0n) is 12.6. The van der Waals surface area contributed by atoms with Gasteiger partial charge in [0.2, 0.25) is 10.0 Å². The Morgan fingerprint density at radius 2 is 1.84 bits per heavy atom. The second kappa shape index (κ2) is 7.60. The number of halogens is 1. The minimum Gasteiger partial charge on any atom is -0.550 e. The van der Waals surface area contributed by atoms with E-state index in [1.165, 1.54) is 36.4 Å².